The molecule has 1 aromatic carbocycles. The number of fused-ring (bicyclic) bond motifs is 1. The van der Waals surface area contributed by atoms with E-state index in [2.05, 4.69) is 12.1 Å². The molecule has 1 aliphatic heterocycles. The van der Waals surface area contributed by atoms with E-state index in [4.69, 9.17) is 9.57 Å². The van der Waals surface area contributed by atoms with Crippen molar-refractivity contribution in [3.63, 3.8) is 0 Å². The van der Waals surface area contributed by atoms with Crippen LogP contribution < -0.4 is 0 Å². The van der Waals surface area contributed by atoms with Crippen LogP contribution in [0.2, 0.25) is 0 Å². The predicted octanol–water partition coefficient (Wildman–Crippen LogP) is 3.49. The highest BCUT2D eigenvalue weighted by atomic mass is 16.7. The van der Waals surface area contributed by atoms with Crippen LogP contribution in [0.1, 0.15) is 56.8 Å². The van der Waals surface area contributed by atoms with Gasteiger partial charge in [-0.3, -0.25) is 9.63 Å². The molecule has 1 heterocycles. The van der Waals surface area contributed by atoms with Crippen molar-refractivity contribution < 1.29 is 19.2 Å². The van der Waals surface area contributed by atoms with Crippen molar-refractivity contribution in [1.82, 2.24) is 9.96 Å². The smallest absolute Gasteiger partial charge is 0.410 e. The summed E-state index contributed by atoms with van der Waals surface area (Å²) in [5.74, 6) is -0.0515. The first-order valence-corrected chi connectivity index (χ1v) is 9.05. The maximum absolute atomic E-state index is 12.5. The van der Waals surface area contributed by atoms with Crippen LogP contribution >= 0.6 is 0 Å². The summed E-state index contributed by atoms with van der Waals surface area (Å²) >= 11 is 0. The van der Waals surface area contributed by atoms with Crippen LogP contribution in [0.25, 0.3) is 0 Å². The van der Waals surface area contributed by atoms with Gasteiger partial charge in [0.05, 0.1) is 13.2 Å². The quantitative estimate of drug-likeness (QED) is 0.769. The Kier molecular flexibility index (Phi) is 6.29. The van der Waals surface area contributed by atoms with Gasteiger partial charge in [0.15, 0.2) is 0 Å². The third kappa shape index (κ3) is 4.75. The summed E-state index contributed by atoms with van der Waals surface area (Å²) in [4.78, 5) is 31.2. The molecule has 0 radical (unpaired) electrons. The molecule has 0 spiro atoms. The van der Waals surface area contributed by atoms with Gasteiger partial charge in [0.25, 0.3) is 0 Å². The summed E-state index contributed by atoms with van der Waals surface area (Å²) in [5, 5.41) is 1.25. The lowest BCUT2D eigenvalue weighted by atomic mass is 9.88. The molecule has 0 saturated heterocycles. The zero-order chi connectivity index (χ0) is 19.5. The van der Waals surface area contributed by atoms with Gasteiger partial charge < -0.3 is 9.64 Å². The van der Waals surface area contributed by atoms with Crippen molar-refractivity contribution >= 4 is 12.0 Å². The number of carbonyl (C=O) groups excluding carboxylic acids is 2. The first-order chi connectivity index (χ1) is 12.1. The van der Waals surface area contributed by atoms with Crippen molar-refractivity contribution in [2.45, 2.75) is 58.6 Å². The topological polar surface area (TPSA) is 59.1 Å². The number of aryl methyl sites for hydroxylation is 1. The largest absolute Gasteiger partial charge is 0.444 e. The Morgan fingerprint density at radius 3 is 2.62 bits per heavy atom. The first kappa shape index (κ1) is 20.2. The van der Waals surface area contributed by atoms with Gasteiger partial charge in [-0.15, -0.1) is 0 Å². The van der Waals surface area contributed by atoms with Gasteiger partial charge in [0.2, 0.25) is 5.91 Å². The van der Waals surface area contributed by atoms with E-state index >= 15 is 0 Å². The molecule has 144 valence electrons. The van der Waals surface area contributed by atoms with E-state index in [1.807, 2.05) is 33.8 Å². The molecule has 2 rings (SSSR count). The normalized spacial score (nSPS) is 16.8. The molecule has 2 amide bonds. The average molecular weight is 362 g/mol. The maximum Gasteiger partial charge on any atom is 0.410 e. The van der Waals surface area contributed by atoms with Crippen LogP contribution in [-0.4, -0.2) is 48.3 Å². The van der Waals surface area contributed by atoms with E-state index in [0.29, 0.717) is 19.4 Å². The number of benzene rings is 1. The molecule has 0 fully saturated rings. The molecule has 6 nitrogen and oxygen atoms in total. The molecular formula is C20H30N2O4. The zero-order valence-electron chi connectivity index (χ0n) is 16.7. The molecule has 1 aromatic rings. The number of carbonyl (C=O) groups is 2. The summed E-state index contributed by atoms with van der Waals surface area (Å²) < 4.78 is 5.53. The molecule has 1 unspecified atom stereocenters. The summed E-state index contributed by atoms with van der Waals surface area (Å²) in [6.07, 6.45) is 1.54. The van der Waals surface area contributed by atoms with Crippen LogP contribution in [0.4, 0.5) is 4.79 Å². The highest BCUT2D eigenvalue weighted by Crippen LogP contribution is 2.33. The van der Waals surface area contributed by atoms with Gasteiger partial charge in [-0.1, -0.05) is 18.2 Å². The Balaban J connectivity index is 2.14. The lowest BCUT2D eigenvalue weighted by molar-refractivity contribution is -0.168. The summed E-state index contributed by atoms with van der Waals surface area (Å²) in [5.41, 5.74) is 3.03. The number of ether oxygens (including phenoxy) is 1. The van der Waals surface area contributed by atoms with Gasteiger partial charge in [-0.2, -0.15) is 0 Å². The Morgan fingerprint density at radius 2 is 2.00 bits per heavy atom. The monoisotopic (exact) mass is 362 g/mol. The van der Waals surface area contributed by atoms with E-state index in [1.165, 1.54) is 17.7 Å². The lowest BCUT2D eigenvalue weighted by Crippen LogP contribution is -2.42. The highest BCUT2D eigenvalue weighted by molar-refractivity contribution is 5.75. The van der Waals surface area contributed by atoms with Gasteiger partial charge in [-0.05, 0) is 57.2 Å². The maximum atomic E-state index is 12.5. The Labute approximate surface area is 156 Å². The fourth-order valence-corrected chi connectivity index (χ4v) is 3.25. The minimum Gasteiger partial charge on any atom is -0.444 e. The van der Waals surface area contributed by atoms with Gasteiger partial charge >= 0.3 is 6.09 Å². The van der Waals surface area contributed by atoms with E-state index in [1.54, 1.807) is 11.9 Å². The van der Waals surface area contributed by atoms with Gasteiger partial charge in [0, 0.05) is 20.0 Å². The van der Waals surface area contributed by atoms with E-state index in [0.717, 1.165) is 17.5 Å². The molecule has 6 heteroatoms. The number of amides is 2. The zero-order valence-corrected chi connectivity index (χ0v) is 16.7. The lowest BCUT2D eigenvalue weighted by Gasteiger charge is -2.37. The highest BCUT2D eigenvalue weighted by Gasteiger charge is 2.31. The second kappa shape index (κ2) is 8.08. The fraction of sp³-hybridized carbons (Fsp3) is 0.600. The summed E-state index contributed by atoms with van der Waals surface area (Å²) in [7, 11) is 3.10. The van der Waals surface area contributed by atoms with Crippen molar-refractivity contribution in [2.75, 3.05) is 20.7 Å². The van der Waals surface area contributed by atoms with Crippen molar-refractivity contribution in [1.29, 1.82) is 0 Å². The number of hydroxylamine groups is 2. The van der Waals surface area contributed by atoms with E-state index in [9.17, 15) is 9.59 Å². The number of nitrogens with zero attached hydrogens (tertiary/aromatic N) is 2. The molecular weight excluding hydrogens is 332 g/mol. The minimum absolute atomic E-state index is 0.0501. The van der Waals surface area contributed by atoms with Crippen LogP contribution in [0, 0.1) is 0 Å². The second-order valence-corrected chi connectivity index (χ2v) is 7.66. The van der Waals surface area contributed by atoms with Crippen LogP contribution in [-0.2, 0) is 27.2 Å². The molecule has 1 atom stereocenters. The summed E-state index contributed by atoms with van der Waals surface area (Å²) in [6, 6.07) is 6.07. The van der Waals surface area contributed by atoms with Gasteiger partial charge in [0.1, 0.15) is 5.60 Å². The Bertz CT molecular complexity index is 666. The van der Waals surface area contributed by atoms with Gasteiger partial charge in [-0.25, -0.2) is 9.86 Å². The third-order valence-corrected chi connectivity index (χ3v) is 4.69. The minimum atomic E-state index is -0.507. The van der Waals surface area contributed by atoms with E-state index < -0.39 is 5.60 Å². The number of hydrogen-bond acceptors (Lipinski definition) is 4. The standard InChI is InChI=1S/C20H30N2O4/c1-14-16-9-7-8-15(10-11-18(23)21(5)25-6)17(16)12-13-22(14)19(24)26-20(2,3)4/h7-9,14H,10-13H2,1-6H3. The Hall–Kier alpha value is -2.08. The molecule has 0 saturated carbocycles. The third-order valence-electron chi connectivity index (χ3n) is 4.69. The Morgan fingerprint density at radius 1 is 1.31 bits per heavy atom. The van der Waals surface area contributed by atoms with Crippen LogP contribution in [0.3, 0.4) is 0 Å². The fourth-order valence-electron chi connectivity index (χ4n) is 3.25. The van der Waals surface area contributed by atoms with Crippen molar-refractivity contribution in [2.24, 2.45) is 0 Å². The molecule has 1 aliphatic rings. The van der Waals surface area contributed by atoms with Crippen molar-refractivity contribution in [3.05, 3.63) is 34.9 Å². The first-order valence-electron chi connectivity index (χ1n) is 9.05. The summed E-state index contributed by atoms with van der Waals surface area (Å²) in [6.45, 7) is 8.26. The number of hydrogen-bond donors (Lipinski definition) is 0. The molecule has 26 heavy (non-hydrogen) atoms. The van der Waals surface area contributed by atoms with E-state index in [-0.39, 0.29) is 18.0 Å². The van der Waals surface area contributed by atoms with Crippen molar-refractivity contribution in [3.8, 4) is 0 Å². The molecule has 0 aromatic heterocycles. The molecule has 0 bridgehead atoms. The van der Waals surface area contributed by atoms with Crippen LogP contribution in [0.15, 0.2) is 18.2 Å². The average Bonchev–Trinajstić information content (AvgIpc) is 2.57. The molecule has 0 aliphatic carbocycles. The second-order valence-electron chi connectivity index (χ2n) is 7.66. The SMILES string of the molecule is CON(C)C(=O)CCc1cccc2c1CCN(C(=O)OC(C)(C)C)C2C. The molecule has 0 N–H and O–H groups in total. The van der Waals surface area contributed by atoms with Crippen LogP contribution in [0.5, 0.6) is 0 Å². The number of rotatable bonds is 4. The predicted molar refractivity (Wildman–Crippen MR) is 99.6 cm³/mol.